The number of aryl methyl sites for hydroxylation is 1. The Bertz CT molecular complexity index is 1100. The van der Waals surface area contributed by atoms with E-state index in [0.717, 1.165) is 22.2 Å². The van der Waals surface area contributed by atoms with Gasteiger partial charge >= 0.3 is 0 Å². The molecule has 3 aromatic rings. The molecule has 0 aliphatic rings. The van der Waals surface area contributed by atoms with Crippen LogP contribution in [0.25, 0.3) is 10.9 Å². The van der Waals surface area contributed by atoms with Crippen LogP contribution in [0.5, 0.6) is 5.75 Å². The van der Waals surface area contributed by atoms with Crippen LogP contribution >= 0.6 is 0 Å². The standard InChI is InChI=1S/C21H21FN4OS/c1-6-14(3)27-19-10-15(22)7-8-17(19)25-21-20-13(2)9-16(26-28(4)5)11-18(20)23-12-24-21/h1,7-12,14H,2-5H3,(H,23,24,25). The molecule has 1 unspecified atom stereocenters. The average molecular weight is 396 g/mol. The number of anilines is 2. The normalized spacial score (nSPS) is 11.9. The molecule has 0 amide bonds. The highest BCUT2D eigenvalue weighted by Crippen LogP contribution is 2.33. The first-order valence-corrected chi connectivity index (χ1v) is 10.6. The fourth-order valence-corrected chi connectivity index (χ4v) is 3.31. The predicted molar refractivity (Wildman–Crippen MR) is 114 cm³/mol. The number of halogens is 1. The maximum atomic E-state index is 13.7. The highest BCUT2D eigenvalue weighted by atomic mass is 32.2. The molecule has 144 valence electrons. The van der Waals surface area contributed by atoms with Crippen LogP contribution in [0.4, 0.5) is 21.6 Å². The molecule has 1 heterocycles. The lowest BCUT2D eigenvalue weighted by atomic mass is 10.1. The van der Waals surface area contributed by atoms with Gasteiger partial charge in [0.25, 0.3) is 0 Å². The first-order chi connectivity index (χ1) is 13.4. The summed E-state index contributed by atoms with van der Waals surface area (Å²) in [6.07, 6.45) is 10.5. The van der Waals surface area contributed by atoms with Gasteiger partial charge in [-0.1, -0.05) is 5.92 Å². The van der Waals surface area contributed by atoms with E-state index in [2.05, 4.69) is 38.1 Å². The Morgan fingerprint density at radius 3 is 2.75 bits per heavy atom. The number of hydrogen-bond acceptors (Lipinski definition) is 5. The molecule has 0 saturated carbocycles. The average Bonchev–Trinajstić information content (AvgIpc) is 2.63. The summed E-state index contributed by atoms with van der Waals surface area (Å²) in [4.78, 5) is 8.76. The van der Waals surface area contributed by atoms with Crippen LogP contribution in [0.3, 0.4) is 0 Å². The Kier molecular flexibility index (Phi) is 5.90. The Balaban J connectivity index is 2.06. The van der Waals surface area contributed by atoms with Crippen molar-refractivity contribution in [2.45, 2.75) is 20.0 Å². The number of terminal acetylenes is 1. The van der Waals surface area contributed by atoms with Gasteiger partial charge < -0.3 is 10.1 Å². The maximum absolute atomic E-state index is 13.7. The van der Waals surface area contributed by atoms with E-state index in [-0.39, 0.29) is 10.7 Å². The van der Waals surface area contributed by atoms with Gasteiger partial charge in [0.15, 0.2) is 6.10 Å². The van der Waals surface area contributed by atoms with Crippen molar-refractivity contribution in [1.82, 2.24) is 9.97 Å². The summed E-state index contributed by atoms with van der Waals surface area (Å²) in [5, 5.41) is 4.10. The highest BCUT2D eigenvalue weighted by Gasteiger charge is 2.13. The van der Waals surface area contributed by atoms with Crippen molar-refractivity contribution < 1.29 is 9.13 Å². The third-order valence-corrected chi connectivity index (χ3v) is 4.52. The van der Waals surface area contributed by atoms with Gasteiger partial charge in [-0.2, -0.15) is 0 Å². The Morgan fingerprint density at radius 1 is 1.25 bits per heavy atom. The summed E-state index contributed by atoms with van der Waals surface area (Å²) in [5.74, 6) is 2.99. The fourth-order valence-electron chi connectivity index (χ4n) is 2.78. The number of aromatic nitrogens is 2. The van der Waals surface area contributed by atoms with E-state index in [1.165, 1.54) is 18.5 Å². The van der Waals surface area contributed by atoms with E-state index in [1.54, 1.807) is 13.0 Å². The maximum Gasteiger partial charge on any atom is 0.156 e. The van der Waals surface area contributed by atoms with Crippen molar-refractivity contribution in [2.75, 3.05) is 17.8 Å². The first kappa shape index (κ1) is 19.8. The molecule has 2 aromatic carbocycles. The zero-order chi connectivity index (χ0) is 20.3. The number of hydrogen-bond donors (Lipinski definition) is 1. The minimum atomic E-state index is -0.493. The van der Waals surface area contributed by atoms with E-state index in [4.69, 9.17) is 11.2 Å². The lowest BCUT2D eigenvalue weighted by molar-refractivity contribution is 0.279. The molecule has 7 heteroatoms. The van der Waals surface area contributed by atoms with Crippen molar-refractivity contribution in [3.05, 3.63) is 48.0 Å². The van der Waals surface area contributed by atoms with Gasteiger partial charge in [-0.15, -0.1) is 17.1 Å². The van der Waals surface area contributed by atoms with Gasteiger partial charge in [0, 0.05) is 11.5 Å². The number of nitrogens with zero attached hydrogens (tertiary/aromatic N) is 3. The summed E-state index contributed by atoms with van der Waals surface area (Å²) in [7, 11) is -0.0690. The summed E-state index contributed by atoms with van der Waals surface area (Å²) >= 11 is 0. The number of benzene rings is 2. The molecule has 0 fully saturated rings. The Morgan fingerprint density at radius 2 is 2.04 bits per heavy atom. The topological polar surface area (TPSA) is 59.4 Å². The minimum absolute atomic E-state index is 0.0690. The monoisotopic (exact) mass is 396 g/mol. The van der Waals surface area contributed by atoms with Crippen LogP contribution in [-0.2, 0) is 10.7 Å². The van der Waals surface area contributed by atoms with E-state index >= 15 is 0 Å². The van der Waals surface area contributed by atoms with Gasteiger partial charge in [0.2, 0.25) is 0 Å². The Labute approximate surface area is 166 Å². The SMILES string of the molecule is C#CC(C)Oc1cc(F)ccc1Nc1ncnc2cc(N=S(C)C)cc(C)c12. The zero-order valence-electron chi connectivity index (χ0n) is 16.2. The summed E-state index contributed by atoms with van der Waals surface area (Å²) in [6.45, 7) is 3.71. The molecular weight excluding hydrogens is 375 g/mol. The van der Waals surface area contributed by atoms with Gasteiger partial charge in [-0.05, 0) is 56.2 Å². The molecule has 3 rings (SSSR count). The third-order valence-electron chi connectivity index (χ3n) is 3.94. The molecule has 0 spiro atoms. The number of ether oxygens (including phenoxy) is 1. The smallest absolute Gasteiger partial charge is 0.156 e. The summed E-state index contributed by atoms with van der Waals surface area (Å²) < 4.78 is 24.0. The second-order valence-corrected chi connectivity index (χ2v) is 8.17. The van der Waals surface area contributed by atoms with Gasteiger partial charge in [-0.3, -0.25) is 0 Å². The third kappa shape index (κ3) is 4.46. The van der Waals surface area contributed by atoms with Crippen LogP contribution in [0.15, 0.2) is 41.0 Å². The van der Waals surface area contributed by atoms with E-state index in [9.17, 15) is 4.39 Å². The molecule has 0 radical (unpaired) electrons. The van der Waals surface area contributed by atoms with E-state index in [0.29, 0.717) is 17.3 Å². The summed E-state index contributed by atoms with van der Waals surface area (Å²) in [5.41, 5.74) is 3.23. The van der Waals surface area contributed by atoms with Crippen LogP contribution in [0.2, 0.25) is 0 Å². The molecule has 5 nitrogen and oxygen atoms in total. The van der Waals surface area contributed by atoms with Gasteiger partial charge in [0.1, 0.15) is 23.7 Å². The minimum Gasteiger partial charge on any atom is -0.476 e. The highest BCUT2D eigenvalue weighted by molar-refractivity contribution is 7.85. The Hall–Kier alpha value is -2.98. The molecule has 0 saturated heterocycles. The second-order valence-electron chi connectivity index (χ2n) is 6.44. The largest absolute Gasteiger partial charge is 0.476 e. The van der Waals surface area contributed by atoms with Gasteiger partial charge in [0.05, 0.1) is 16.9 Å². The van der Waals surface area contributed by atoms with Crippen molar-refractivity contribution in [3.8, 4) is 18.1 Å². The molecule has 1 N–H and O–H groups in total. The quantitative estimate of drug-likeness (QED) is 0.622. The van der Waals surface area contributed by atoms with Crippen molar-refractivity contribution in [1.29, 1.82) is 0 Å². The van der Waals surface area contributed by atoms with Crippen molar-refractivity contribution in [2.24, 2.45) is 4.36 Å². The van der Waals surface area contributed by atoms with E-state index in [1.807, 2.05) is 19.1 Å². The lowest BCUT2D eigenvalue weighted by Crippen LogP contribution is -2.10. The van der Waals surface area contributed by atoms with Crippen molar-refractivity contribution >= 4 is 38.8 Å². The van der Waals surface area contributed by atoms with Gasteiger partial charge in [-0.25, -0.2) is 18.7 Å². The number of rotatable bonds is 5. The molecule has 0 bridgehead atoms. The number of fused-ring (bicyclic) bond motifs is 1. The van der Waals surface area contributed by atoms with Crippen molar-refractivity contribution in [3.63, 3.8) is 0 Å². The fraction of sp³-hybridized carbons (Fsp3) is 0.238. The second kappa shape index (κ2) is 8.36. The summed E-state index contributed by atoms with van der Waals surface area (Å²) in [6, 6.07) is 8.19. The first-order valence-electron chi connectivity index (χ1n) is 8.61. The van der Waals surface area contributed by atoms with Crippen LogP contribution in [-0.4, -0.2) is 28.6 Å². The van der Waals surface area contributed by atoms with Crippen LogP contribution < -0.4 is 10.1 Å². The number of nitrogens with one attached hydrogen (secondary N) is 1. The molecule has 1 atom stereocenters. The molecular formula is C21H21FN4OS. The molecule has 28 heavy (non-hydrogen) atoms. The molecule has 1 aromatic heterocycles. The predicted octanol–water partition coefficient (Wildman–Crippen LogP) is 4.91. The molecule has 0 aliphatic heterocycles. The zero-order valence-corrected chi connectivity index (χ0v) is 17.0. The van der Waals surface area contributed by atoms with Crippen LogP contribution in [0.1, 0.15) is 12.5 Å². The lowest BCUT2D eigenvalue weighted by Gasteiger charge is -2.16. The molecule has 0 aliphatic carbocycles. The van der Waals surface area contributed by atoms with E-state index < -0.39 is 11.9 Å². The van der Waals surface area contributed by atoms with Crippen LogP contribution in [0, 0.1) is 25.1 Å².